The molecule has 0 aromatic heterocycles. The third-order valence-electron chi connectivity index (χ3n) is 4.79. The molecule has 1 atom stereocenters. The molecule has 0 radical (unpaired) electrons. The standard InChI is InChI=1S/C16H17ClN2O6/c17-12-5-4-10(19(23)24)8-11(12)14(20)18-13(15(21)22)9-25-16(18)6-2-1-3-7-16/h4-5,8,13H,1-3,6-7,9H2,(H,21,22)/t13-/m1/s1. The van der Waals surface area contributed by atoms with Crippen molar-refractivity contribution in [1.82, 2.24) is 4.90 Å². The Morgan fingerprint density at radius 3 is 2.60 bits per heavy atom. The molecule has 2 aliphatic rings. The van der Waals surface area contributed by atoms with Crippen LogP contribution < -0.4 is 0 Å². The Balaban J connectivity index is 2.04. The van der Waals surface area contributed by atoms with Gasteiger partial charge in [0.05, 0.1) is 22.1 Å². The molecule has 25 heavy (non-hydrogen) atoms. The van der Waals surface area contributed by atoms with Crippen molar-refractivity contribution >= 4 is 29.2 Å². The van der Waals surface area contributed by atoms with Gasteiger partial charge in [0.2, 0.25) is 0 Å². The number of non-ortho nitro benzene ring substituents is 1. The molecule has 134 valence electrons. The Bertz CT molecular complexity index is 731. The Hall–Kier alpha value is -2.19. The van der Waals surface area contributed by atoms with Crippen LogP contribution in [-0.2, 0) is 9.53 Å². The van der Waals surface area contributed by atoms with Gasteiger partial charge in [-0.05, 0) is 31.7 Å². The molecule has 8 nitrogen and oxygen atoms in total. The molecule has 1 aromatic carbocycles. The van der Waals surface area contributed by atoms with E-state index in [1.165, 1.54) is 17.0 Å². The van der Waals surface area contributed by atoms with Crippen LogP contribution in [0.25, 0.3) is 0 Å². The summed E-state index contributed by atoms with van der Waals surface area (Å²) in [7, 11) is 0. The number of ether oxygens (including phenoxy) is 1. The van der Waals surface area contributed by atoms with E-state index in [0.717, 1.165) is 25.3 Å². The Labute approximate surface area is 148 Å². The second kappa shape index (κ2) is 6.61. The monoisotopic (exact) mass is 368 g/mol. The molecule has 1 aliphatic heterocycles. The van der Waals surface area contributed by atoms with Crippen LogP contribution in [0.3, 0.4) is 0 Å². The van der Waals surface area contributed by atoms with Crippen molar-refractivity contribution in [3.63, 3.8) is 0 Å². The number of hydrogen-bond acceptors (Lipinski definition) is 5. The molecular weight excluding hydrogens is 352 g/mol. The van der Waals surface area contributed by atoms with Crippen LogP contribution in [-0.4, -0.2) is 45.2 Å². The molecule has 1 amide bonds. The number of hydrogen-bond donors (Lipinski definition) is 1. The van der Waals surface area contributed by atoms with Crippen LogP contribution in [0.2, 0.25) is 5.02 Å². The second-order valence-electron chi connectivity index (χ2n) is 6.27. The maximum absolute atomic E-state index is 13.1. The van der Waals surface area contributed by atoms with Gasteiger partial charge in [-0.25, -0.2) is 4.79 Å². The Kier molecular flexibility index (Phi) is 4.66. The van der Waals surface area contributed by atoms with Crippen molar-refractivity contribution in [2.75, 3.05) is 6.61 Å². The van der Waals surface area contributed by atoms with Gasteiger partial charge in [-0.15, -0.1) is 0 Å². The number of aliphatic carboxylic acids is 1. The Morgan fingerprint density at radius 1 is 1.32 bits per heavy atom. The zero-order valence-electron chi connectivity index (χ0n) is 13.3. The van der Waals surface area contributed by atoms with E-state index in [0.29, 0.717) is 12.8 Å². The number of benzene rings is 1. The zero-order chi connectivity index (χ0) is 18.2. The number of nitro groups is 1. The van der Waals surface area contributed by atoms with Crippen molar-refractivity contribution in [3.8, 4) is 0 Å². The fourth-order valence-corrected chi connectivity index (χ4v) is 3.78. The minimum Gasteiger partial charge on any atom is -0.480 e. The molecule has 0 bridgehead atoms. The highest BCUT2D eigenvalue weighted by Gasteiger charge is 2.53. The number of carbonyl (C=O) groups excluding carboxylic acids is 1. The van der Waals surface area contributed by atoms with Gasteiger partial charge in [0.1, 0.15) is 5.72 Å². The van der Waals surface area contributed by atoms with Gasteiger partial charge >= 0.3 is 5.97 Å². The summed E-state index contributed by atoms with van der Waals surface area (Å²) in [6, 6.07) is 2.41. The SMILES string of the molecule is O=C(O)[C@H]1COC2(CCCCC2)N1C(=O)c1cc([N+](=O)[O-])ccc1Cl. The second-order valence-corrected chi connectivity index (χ2v) is 6.68. The number of rotatable bonds is 3. The molecule has 0 unspecified atom stereocenters. The molecule has 9 heteroatoms. The smallest absolute Gasteiger partial charge is 0.328 e. The predicted molar refractivity (Wildman–Crippen MR) is 87.5 cm³/mol. The van der Waals surface area contributed by atoms with Crippen LogP contribution >= 0.6 is 11.6 Å². The van der Waals surface area contributed by atoms with Crippen molar-refractivity contribution in [3.05, 3.63) is 38.9 Å². The number of carboxylic acid groups (broad SMARTS) is 1. The molecule has 1 saturated carbocycles. The van der Waals surface area contributed by atoms with Crippen molar-refractivity contribution in [2.45, 2.75) is 43.9 Å². The van der Waals surface area contributed by atoms with Crippen molar-refractivity contribution < 1.29 is 24.4 Å². The van der Waals surface area contributed by atoms with E-state index in [1.54, 1.807) is 0 Å². The van der Waals surface area contributed by atoms with Gasteiger partial charge in [0, 0.05) is 12.1 Å². The van der Waals surface area contributed by atoms with Crippen LogP contribution in [0.5, 0.6) is 0 Å². The topological polar surface area (TPSA) is 110 Å². The first-order chi connectivity index (χ1) is 11.9. The van der Waals surface area contributed by atoms with E-state index in [4.69, 9.17) is 16.3 Å². The first kappa shape index (κ1) is 17.6. The fraction of sp³-hybridized carbons (Fsp3) is 0.500. The zero-order valence-corrected chi connectivity index (χ0v) is 14.1. The third-order valence-corrected chi connectivity index (χ3v) is 5.12. The highest BCUT2D eigenvalue weighted by atomic mass is 35.5. The number of amides is 1. The average molecular weight is 369 g/mol. The van der Waals surface area contributed by atoms with Gasteiger partial charge in [-0.2, -0.15) is 0 Å². The van der Waals surface area contributed by atoms with E-state index in [2.05, 4.69) is 0 Å². The van der Waals surface area contributed by atoms with Gasteiger partial charge in [-0.3, -0.25) is 19.8 Å². The van der Waals surface area contributed by atoms with Gasteiger partial charge in [0.25, 0.3) is 11.6 Å². The number of halogens is 1. The van der Waals surface area contributed by atoms with Gasteiger partial charge in [-0.1, -0.05) is 18.0 Å². The lowest BCUT2D eigenvalue weighted by Gasteiger charge is -2.41. The summed E-state index contributed by atoms with van der Waals surface area (Å²) >= 11 is 6.07. The molecule has 1 N–H and O–H groups in total. The first-order valence-corrected chi connectivity index (χ1v) is 8.38. The van der Waals surface area contributed by atoms with Crippen LogP contribution in [0, 0.1) is 10.1 Å². The molecular formula is C16H17ClN2O6. The van der Waals surface area contributed by atoms with Gasteiger partial charge < -0.3 is 9.84 Å². The normalized spacial score (nSPS) is 22.1. The highest BCUT2D eigenvalue weighted by Crippen LogP contribution is 2.42. The number of carbonyl (C=O) groups is 2. The minimum atomic E-state index is -1.17. The fourth-order valence-electron chi connectivity index (χ4n) is 3.58. The lowest BCUT2D eigenvalue weighted by atomic mass is 9.89. The number of nitro benzene ring substituents is 1. The summed E-state index contributed by atoms with van der Waals surface area (Å²) in [6.45, 7) is -0.104. The van der Waals surface area contributed by atoms with Crippen LogP contribution in [0.15, 0.2) is 18.2 Å². The maximum atomic E-state index is 13.1. The molecule has 2 fully saturated rings. The minimum absolute atomic E-state index is 0.0394. The van der Waals surface area contributed by atoms with E-state index < -0.39 is 28.6 Å². The summed E-state index contributed by atoms with van der Waals surface area (Å²) in [4.78, 5) is 36.3. The molecule has 1 aliphatic carbocycles. The van der Waals surface area contributed by atoms with E-state index in [9.17, 15) is 24.8 Å². The lowest BCUT2D eigenvalue weighted by Crippen LogP contribution is -2.54. The number of carboxylic acids is 1. The quantitative estimate of drug-likeness (QED) is 0.648. The maximum Gasteiger partial charge on any atom is 0.328 e. The predicted octanol–water partition coefficient (Wildman–Crippen LogP) is 2.83. The van der Waals surface area contributed by atoms with Crippen LogP contribution in [0.1, 0.15) is 42.5 Å². The number of nitrogens with zero attached hydrogens (tertiary/aromatic N) is 2. The Morgan fingerprint density at radius 2 is 2.00 bits per heavy atom. The third kappa shape index (κ3) is 3.07. The summed E-state index contributed by atoms with van der Waals surface area (Å²) in [5.74, 6) is -1.82. The van der Waals surface area contributed by atoms with E-state index >= 15 is 0 Å². The van der Waals surface area contributed by atoms with Crippen molar-refractivity contribution in [2.24, 2.45) is 0 Å². The summed E-state index contributed by atoms with van der Waals surface area (Å²) in [5, 5.41) is 20.5. The van der Waals surface area contributed by atoms with Crippen LogP contribution in [0.4, 0.5) is 5.69 Å². The van der Waals surface area contributed by atoms with E-state index in [1.807, 2.05) is 0 Å². The molecule has 1 saturated heterocycles. The largest absolute Gasteiger partial charge is 0.480 e. The highest BCUT2D eigenvalue weighted by molar-refractivity contribution is 6.34. The first-order valence-electron chi connectivity index (χ1n) is 8.00. The van der Waals surface area contributed by atoms with Gasteiger partial charge in [0.15, 0.2) is 6.04 Å². The molecule has 1 aromatic rings. The summed E-state index contributed by atoms with van der Waals surface area (Å²) in [5.41, 5.74) is -1.35. The van der Waals surface area contributed by atoms with Crippen molar-refractivity contribution in [1.29, 1.82) is 0 Å². The summed E-state index contributed by atoms with van der Waals surface area (Å²) < 4.78 is 5.78. The summed E-state index contributed by atoms with van der Waals surface area (Å²) in [6.07, 6.45) is 3.70. The average Bonchev–Trinajstić information content (AvgIpc) is 2.94. The van der Waals surface area contributed by atoms with E-state index in [-0.39, 0.29) is 22.9 Å². The lowest BCUT2D eigenvalue weighted by molar-refractivity contribution is -0.384. The molecule has 1 spiro atoms. The molecule has 1 heterocycles. The molecule has 3 rings (SSSR count).